The van der Waals surface area contributed by atoms with Gasteiger partial charge in [0.25, 0.3) is 5.69 Å². The van der Waals surface area contributed by atoms with Gasteiger partial charge in [0, 0.05) is 11.6 Å². The van der Waals surface area contributed by atoms with E-state index in [4.69, 9.17) is 4.74 Å². The van der Waals surface area contributed by atoms with Crippen molar-refractivity contribution in [3.8, 4) is 11.5 Å². The third-order valence-corrected chi connectivity index (χ3v) is 2.96. The second-order valence-electron chi connectivity index (χ2n) is 4.61. The standard InChI is InChI=1S/C15H13NO5/c1-9-3-6-14(12(7-9)15(17)18)21-11-4-5-13(16(19)20)10(2)8-11/h3-8H,1-2H3,(H,17,18). The van der Waals surface area contributed by atoms with Gasteiger partial charge >= 0.3 is 5.97 Å². The van der Waals surface area contributed by atoms with Crippen LogP contribution in [0.15, 0.2) is 36.4 Å². The van der Waals surface area contributed by atoms with Crippen LogP contribution >= 0.6 is 0 Å². The maximum atomic E-state index is 11.2. The number of nitro benzene ring substituents is 1. The van der Waals surface area contributed by atoms with Gasteiger partial charge in [0.2, 0.25) is 0 Å². The molecule has 21 heavy (non-hydrogen) atoms. The van der Waals surface area contributed by atoms with Crippen LogP contribution in [0.25, 0.3) is 0 Å². The maximum Gasteiger partial charge on any atom is 0.339 e. The van der Waals surface area contributed by atoms with Gasteiger partial charge < -0.3 is 9.84 Å². The number of rotatable bonds is 4. The van der Waals surface area contributed by atoms with Crippen molar-refractivity contribution in [3.05, 3.63) is 63.2 Å². The van der Waals surface area contributed by atoms with E-state index in [-0.39, 0.29) is 17.0 Å². The molecule has 2 rings (SSSR count). The molecule has 2 aromatic carbocycles. The normalized spacial score (nSPS) is 10.2. The van der Waals surface area contributed by atoms with Gasteiger partial charge in [-0.05, 0) is 38.1 Å². The van der Waals surface area contributed by atoms with Crippen molar-refractivity contribution in [2.45, 2.75) is 13.8 Å². The van der Waals surface area contributed by atoms with E-state index in [1.54, 1.807) is 26.0 Å². The van der Waals surface area contributed by atoms with E-state index in [1.807, 2.05) is 0 Å². The summed E-state index contributed by atoms with van der Waals surface area (Å²) < 4.78 is 5.54. The lowest BCUT2D eigenvalue weighted by atomic mass is 10.1. The molecule has 0 amide bonds. The molecule has 6 nitrogen and oxygen atoms in total. The Kier molecular flexibility index (Phi) is 3.89. The van der Waals surface area contributed by atoms with Gasteiger partial charge in [0.05, 0.1) is 4.92 Å². The van der Waals surface area contributed by atoms with E-state index in [1.165, 1.54) is 24.3 Å². The Bertz CT molecular complexity index is 724. The number of nitrogens with zero attached hydrogens (tertiary/aromatic N) is 1. The van der Waals surface area contributed by atoms with Gasteiger partial charge in [-0.3, -0.25) is 10.1 Å². The van der Waals surface area contributed by atoms with Crippen LogP contribution < -0.4 is 4.74 Å². The summed E-state index contributed by atoms with van der Waals surface area (Å²) in [6.07, 6.45) is 0. The monoisotopic (exact) mass is 287 g/mol. The Hall–Kier alpha value is -2.89. The number of carboxylic acid groups (broad SMARTS) is 1. The van der Waals surface area contributed by atoms with Crippen LogP contribution in [-0.2, 0) is 0 Å². The molecule has 1 N–H and O–H groups in total. The van der Waals surface area contributed by atoms with Crippen LogP contribution in [-0.4, -0.2) is 16.0 Å². The molecular formula is C15H13NO5. The van der Waals surface area contributed by atoms with Crippen LogP contribution in [0.4, 0.5) is 5.69 Å². The Labute approximate surface area is 120 Å². The fraction of sp³-hybridized carbons (Fsp3) is 0.133. The zero-order valence-electron chi connectivity index (χ0n) is 11.5. The predicted molar refractivity (Wildman–Crippen MR) is 76.0 cm³/mol. The number of carboxylic acids is 1. The lowest BCUT2D eigenvalue weighted by molar-refractivity contribution is -0.385. The largest absolute Gasteiger partial charge is 0.478 e. The Morgan fingerprint density at radius 3 is 2.48 bits per heavy atom. The minimum atomic E-state index is -1.09. The third kappa shape index (κ3) is 3.17. The zero-order valence-corrected chi connectivity index (χ0v) is 11.5. The van der Waals surface area contributed by atoms with E-state index >= 15 is 0 Å². The van der Waals surface area contributed by atoms with Gasteiger partial charge in [0.15, 0.2) is 0 Å². The maximum absolute atomic E-state index is 11.2. The van der Waals surface area contributed by atoms with Gasteiger partial charge in [-0.15, -0.1) is 0 Å². The third-order valence-electron chi connectivity index (χ3n) is 2.96. The van der Waals surface area contributed by atoms with Gasteiger partial charge in [-0.1, -0.05) is 11.6 Å². The van der Waals surface area contributed by atoms with Crippen LogP contribution in [0.2, 0.25) is 0 Å². The quantitative estimate of drug-likeness (QED) is 0.684. The van der Waals surface area contributed by atoms with E-state index < -0.39 is 10.9 Å². The number of nitro groups is 1. The second-order valence-corrected chi connectivity index (χ2v) is 4.61. The zero-order chi connectivity index (χ0) is 15.6. The number of ether oxygens (including phenoxy) is 1. The smallest absolute Gasteiger partial charge is 0.339 e. The Balaban J connectivity index is 2.37. The Morgan fingerprint density at radius 2 is 1.90 bits per heavy atom. The highest BCUT2D eigenvalue weighted by Crippen LogP contribution is 2.29. The van der Waals surface area contributed by atoms with Crippen LogP contribution in [0.3, 0.4) is 0 Å². The molecule has 0 aliphatic rings. The van der Waals surface area contributed by atoms with E-state index in [9.17, 15) is 20.0 Å². The molecule has 6 heteroatoms. The average molecular weight is 287 g/mol. The van der Waals surface area contributed by atoms with Crippen molar-refractivity contribution in [2.24, 2.45) is 0 Å². The lowest BCUT2D eigenvalue weighted by Gasteiger charge is -2.10. The first kappa shape index (κ1) is 14.5. The first-order valence-electron chi connectivity index (χ1n) is 6.15. The first-order chi connectivity index (χ1) is 9.88. The minimum absolute atomic E-state index is 0.00952. The molecule has 0 spiro atoms. The summed E-state index contributed by atoms with van der Waals surface area (Å²) in [6, 6.07) is 9.09. The van der Waals surface area contributed by atoms with Crippen molar-refractivity contribution in [1.82, 2.24) is 0 Å². The second kappa shape index (κ2) is 5.62. The fourth-order valence-electron chi connectivity index (χ4n) is 1.92. The number of hydrogen-bond acceptors (Lipinski definition) is 4. The summed E-state index contributed by atoms with van der Waals surface area (Å²) in [5.41, 5.74) is 1.29. The molecule has 0 aliphatic carbocycles. The predicted octanol–water partition coefficient (Wildman–Crippen LogP) is 3.70. The van der Waals surface area contributed by atoms with Crippen molar-refractivity contribution in [2.75, 3.05) is 0 Å². The van der Waals surface area contributed by atoms with Gasteiger partial charge in [-0.25, -0.2) is 4.79 Å². The molecule has 0 heterocycles. The highest BCUT2D eigenvalue weighted by atomic mass is 16.6. The summed E-state index contributed by atoms with van der Waals surface area (Å²) in [6.45, 7) is 3.38. The van der Waals surface area contributed by atoms with E-state index in [0.29, 0.717) is 11.3 Å². The molecule has 0 atom stereocenters. The van der Waals surface area contributed by atoms with Crippen molar-refractivity contribution in [1.29, 1.82) is 0 Å². The summed E-state index contributed by atoms with van der Waals surface area (Å²) in [7, 11) is 0. The van der Waals surface area contributed by atoms with Crippen molar-refractivity contribution in [3.63, 3.8) is 0 Å². The molecule has 0 fully saturated rings. The summed E-state index contributed by atoms with van der Waals surface area (Å²) in [5, 5.41) is 19.9. The minimum Gasteiger partial charge on any atom is -0.478 e. The van der Waals surface area contributed by atoms with E-state index in [2.05, 4.69) is 0 Å². The average Bonchev–Trinajstić information content (AvgIpc) is 2.40. The van der Waals surface area contributed by atoms with E-state index in [0.717, 1.165) is 5.56 Å². The number of hydrogen-bond donors (Lipinski definition) is 1. The number of aryl methyl sites for hydroxylation is 2. The first-order valence-corrected chi connectivity index (χ1v) is 6.15. The van der Waals surface area contributed by atoms with Crippen LogP contribution in [0.5, 0.6) is 11.5 Å². The number of aromatic carboxylic acids is 1. The molecule has 0 saturated carbocycles. The summed E-state index contributed by atoms with van der Waals surface area (Å²) in [5.74, 6) is -0.543. The lowest BCUT2D eigenvalue weighted by Crippen LogP contribution is -2.01. The number of carbonyl (C=O) groups is 1. The molecule has 0 unspecified atom stereocenters. The highest BCUT2D eigenvalue weighted by Gasteiger charge is 2.14. The molecule has 0 bridgehead atoms. The Morgan fingerprint density at radius 1 is 1.19 bits per heavy atom. The van der Waals surface area contributed by atoms with Gasteiger partial charge in [-0.2, -0.15) is 0 Å². The SMILES string of the molecule is Cc1ccc(Oc2ccc([N+](=O)[O-])c(C)c2)c(C(=O)O)c1. The molecule has 108 valence electrons. The molecule has 0 aliphatic heterocycles. The molecule has 0 aromatic heterocycles. The molecular weight excluding hydrogens is 274 g/mol. The van der Waals surface area contributed by atoms with Gasteiger partial charge in [0.1, 0.15) is 17.1 Å². The topological polar surface area (TPSA) is 89.7 Å². The molecule has 0 saturated heterocycles. The molecule has 0 radical (unpaired) electrons. The summed E-state index contributed by atoms with van der Waals surface area (Å²) in [4.78, 5) is 21.5. The fourth-order valence-corrected chi connectivity index (χ4v) is 1.92. The van der Waals surface area contributed by atoms with Crippen LogP contribution in [0.1, 0.15) is 21.5 Å². The molecule has 2 aromatic rings. The van der Waals surface area contributed by atoms with Crippen molar-refractivity contribution >= 4 is 11.7 Å². The van der Waals surface area contributed by atoms with Crippen LogP contribution in [0, 0.1) is 24.0 Å². The number of benzene rings is 2. The highest BCUT2D eigenvalue weighted by molar-refractivity contribution is 5.91. The summed E-state index contributed by atoms with van der Waals surface area (Å²) >= 11 is 0. The van der Waals surface area contributed by atoms with Crippen molar-refractivity contribution < 1.29 is 19.6 Å².